The highest BCUT2D eigenvalue weighted by Gasteiger charge is 2.28. The van der Waals surface area contributed by atoms with Crippen molar-refractivity contribution in [2.24, 2.45) is 0 Å². The van der Waals surface area contributed by atoms with Crippen molar-refractivity contribution in [1.29, 1.82) is 0 Å². The van der Waals surface area contributed by atoms with E-state index < -0.39 is 41.9 Å². The molecule has 19 aromatic rings. The van der Waals surface area contributed by atoms with Gasteiger partial charge in [0.05, 0.1) is 66.2 Å². The van der Waals surface area contributed by atoms with Crippen LogP contribution in [0.15, 0.2) is 323 Å². The number of hydrogen-bond donors (Lipinski definition) is 4. The van der Waals surface area contributed by atoms with Gasteiger partial charge in [-0.1, -0.05) is 210 Å². The van der Waals surface area contributed by atoms with Gasteiger partial charge in [0.2, 0.25) is 23.6 Å². The van der Waals surface area contributed by atoms with E-state index >= 15 is 0 Å². The summed E-state index contributed by atoms with van der Waals surface area (Å²) in [6, 6.07) is 75.1. The van der Waals surface area contributed by atoms with E-state index in [4.69, 9.17) is 46.4 Å². The number of nitrogens with zero attached hydrogens (tertiary/aromatic N) is 25. The van der Waals surface area contributed by atoms with Crippen molar-refractivity contribution < 1.29 is 38.4 Å². The average Bonchev–Trinajstić information content (AvgIpc) is 1.68. The number of Topliss-reactive ketones (excluding diaryl/α,β-unsaturated/α-hetero) is 4. The average molecular weight is 2070 g/mol. The molecule has 37 nitrogen and oxygen atoms in total. The standard InChI is InChI=1S/3C27H23ClN8O2.C27H24ClN5O2/c2*1-18-7-11-26-31-25(32-35(26)16-18)15-24(37)22(13-19-5-3-2-4-6-19)30-27(38)12-8-20-14-21(28)9-10-23(20)36-17-29-33-34-36;1-18-11-12-35-26(13-18)31-25(32-35)16-24(37)22(14-19-5-3-2-4-6-19)30-27(38)10-7-20-15-21(28)8-9-23(20)36-17-29-33-34-36;1-19-7-9-21(10-8-19)16-26(34)24(15-20-5-3-2-4-6-20)30-27(35)14-11-22-17-23(28)12-13-25(22)33-18-29-31-32-33/h2*2-12,14,16-17,22H,13,15H2,1H3,(H,30,38);2-13,15,17,22H,14,16H2,1H3,(H,30,38);2-14,17-18,24H,15-16H2,1H3,(H,30,35). The second-order valence-corrected chi connectivity index (χ2v) is 36.1. The molecule has 0 saturated carbocycles. The predicted octanol–water partition coefficient (Wildman–Crippen LogP) is 13.8. The molecule has 0 aliphatic heterocycles. The van der Waals surface area contributed by atoms with Crippen molar-refractivity contribution in [3.8, 4) is 22.7 Å². The number of amides is 4. The first-order chi connectivity index (χ1) is 72.3. The van der Waals surface area contributed by atoms with E-state index in [1.807, 2.05) is 222 Å². The Labute approximate surface area is 871 Å². The molecule has 4 atom stereocenters. The van der Waals surface area contributed by atoms with Crippen LogP contribution in [0.4, 0.5) is 0 Å². The number of tetrazole rings is 4. The largest absolute Gasteiger partial charge is 0.342 e. The zero-order valence-electron chi connectivity index (χ0n) is 80.3. The molecular weight excluding hydrogens is 1970 g/mol. The number of carbonyl (C=O) groups excluding carboxylic acids is 8. The summed E-state index contributed by atoms with van der Waals surface area (Å²) in [5.41, 5.74) is 16.0. The number of aromatic nitrogens is 25. The number of halogens is 4. The summed E-state index contributed by atoms with van der Waals surface area (Å²) >= 11 is 24.7. The molecule has 4 amide bonds. The van der Waals surface area contributed by atoms with Crippen LogP contribution < -0.4 is 21.3 Å². The maximum absolute atomic E-state index is 13.4. The van der Waals surface area contributed by atoms with E-state index in [2.05, 4.69) is 114 Å². The molecule has 9 aromatic carbocycles. The Kier molecular flexibility index (Phi) is 35.0. The molecule has 0 bridgehead atoms. The molecule has 4 unspecified atom stereocenters. The molecular formula is C108H93Cl4N29O8. The number of carbonyl (C=O) groups is 8. The lowest BCUT2D eigenvalue weighted by atomic mass is 9.97. The van der Waals surface area contributed by atoms with Gasteiger partial charge in [0.25, 0.3) is 0 Å². The fourth-order valence-corrected chi connectivity index (χ4v) is 16.4. The first-order valence-corrected chi connectivity index (χ1v) is 48.2. The summed E-state index contributed by atoms with van der Waals surface area (Å²) in [6.45, 7) is 7.88. The maximum Gasteiger partial charge on any atom is 0.244 e. The van der Waals surface area contributed by atoms with Gasteiger partial charge >= 0.3 is 0 Å². The lowest BCUT2D eigenvalue weighted by molar-refractivity contribution is -0.125. The van der Waals surface area contributed by atoms with Crippen LogP contribution in [-0.4, -0.2) is 196 Å². The van der Waals surface area contributed by atoms with Crippen molar-refractivity contribution in [1.82, 2.24) is 146 Å². The maximum atomic E-state index is 13.4. The number of nitrogens with one attached hydrogen (secondary N) is 4. The van der Waals surface area contributed by atoms with Crippen LogP contribution >= 0.6 is 46.4 Å². The first-order valence-electron chi connectivity index (χ1n) is 46.6. The van der Waals surface area contributed by atoms with Crippen LogP contribution in [0.1, 0.15) is 89.8 Å². The van der Waals surface area contributed by atoms with Gasteiger partial charge in [-0.2, -0.15) is 34.0 Å². The molecule has 41 heteroatoms. The Morgan fingerprint density at radius 3 is 0.866 bits per heavy atom. The van der Waals surface area contributed by atoms with Crippen molar-refractivity contribution >= 4 is 134 Å². The molecule has 10 aromatic heterocycles. The molecule has 19 rings (SSSR count). The third-order valence-corrected chi connectivity index (χ3v) is 24.0. The van der Waals surface area contributed by atoms with Gasteiger partial charge in [-0.05, 0) is 261 Å². The number of fused-ring (bicyclic) bond motifs is 3. The molecule has 10 heterocycles. The first kappa shape index (κ1) is 104. The molecule has 0 fully saturated rings. The summed E-state index contributed by atoms with van der Waals surface area (Å²) in [7, 11) is 0. The van der Waals surface area contributed by atoms with E-state index in [0.717, 1.165) is 50.1 Å². The molecule has 4 N–H and O–H groups in total. The fraction of sp³-hybridized carbons (Fsp3) is 0.148. The summed E-state index contributed by atoms with van der Waals surface area (Å²) < 4.78 is 10.8. The van der Waals surface area contributed by atoms with Crippen LogP contribution in [0.25, 0.3) is 64.0 Å². The molecule has 0 radical (unpaired) electrons. The zero-order chi connectivity index (χ0) is 104. The van der Waals surface area contributed by atoms with Crippen molar-refractivity contribution in [2.75, 3.05) is 0 Å². The number of benzene rings is 9. The molecule has 0 aliphatic rings. The molecule has 0 spiro atoms. The number of hydrogen-bond acceptors (Lipinski definition) is 26. The van der Waals surface area contributed by atoms with Gasteiger partial charge in [-0.15, -0.1) is 20.4 Å². The fourth-order valence-electron chi connectivity index (χ4n) is 15.7. The third-order valence-electron chi connectivity index (χ3n) is 23.0. The molecule has 0 saturated heterocycles. The summed E-state index contributed by atoms with van der Waals surface area (Å²) in [4.78, 5) is 118. The van der Waals surface area contributed by atoms with Crippen molar-refractivity contribution in [3.63, 3.8) is 0 Å². The van der Waals surface area contributed by atoms with Crippen LogP contribution in [0, 0.1) is 27.7 Å². The molecule has 746 valence electrons. The van der Waals surface area contributed by atoms with Gasteiger partial charge in [0.15, 0.2) is 57.5 Å². The quantitative estimate of drug-likeness (QED) is 0.0265. The van der Waals surface area contributed by atoms with Crippen LogP contribution in [0.3, 0.4) is 0 Å². The Hall–Kier alpha value is -18.2. The number of ketones is 4. The SMILES string of the molecule is Cc1ccc(CC(=O)C(Cc2ccccc2)NC(=O)C=Cc2cc(Cl)ccc2-n2cnnn2)cc1.Cc1ccc2nc(CC(=O)C(Cc3ccccc3)NC(=O)C=Cc3cc(Cl)ccc3-n3cnnn3)nn2c1.Cc1ccc2nc(CC(=O)C(Cc3ccccc3)NC(=O)C=Cc3cc(Cl)ccc3-n3cnnn3)nn2c1.Cc1ccn2nc(CC(=O)C(Cc3ccccc3)NC(=O)C=Cc3cc(Cl)ccc3-n3cnnn3)nc2c1. The smallest absolute Gasteiger partial charge is 0.244 e. The highest BCUT2D eigenvalue weighted by molar-refractivity contribution is 6.32. The summed E-state index contributed by atoms with van der Waals surface area (Å²) in [6.07, 6.45) is 24.8. The lowest BCUT2D eigenvalue weighted by Gasteiger charge is -2.17. The third kappa shape index (κ3) is 29.8. The van der Waals surface area contributed by atoms with E-state index in [0.29, 0.717) is 125 Å². The van der Waals surface area contributed by atoms with Gasteiger partial charge < -0.3 is 21.3 Å². The molecule has 0 aliphatic carbocycles. The minimum atomic E-state index is -0.777. The second-order valence-electron chi connectivity index (χ2n) is 34.3. The van der Waals surface area contributed by atoms with E-state index in [-0.39, 0.29) is 54.7 Å². The van der Waals surface area contributed by atoms with Crippen molar-refractivity contribution in [2.45, 2.75) is 103 Å². The number of rotatable bonds is 36. The van der Waals surface area contributed by atoms with E-state index in [1.54, 1.807) is 117 Å². The molecule has 149 heavy (non-hydrogen) atoms. The summed E-state index contributed by atoms with van der Waals surface area (Å²) in [5, 5.41) is 71.5. The van der Waals surface area contributed by atoms with Crippen LogP contribution in [0.2, 0.25) is 20.1 Å². The zero-order valence-corrected chi connectivity index (χ0v) is 83.4. The van der Waals surface area contributed by atoms with E-state index in [1.165, 1.54) is 68.3 Å². The van der Waals surface area contributed by atoms with Gasteiger partial charge in [-0.3, -0.25) is 38.4 Å². The van der Waals surface area contributed by atoms with Gasteiger partial charge in [0.1, 0.15) is 25.3 Å². The topological polar surface area (TPSA) is 450 Å². The Bertz CT molecular complexity index is 7460. The van der Waals surface area contributed by atoms with Crippen molar-refractivity contribution in [3.05, 3.63) is 433 Å². The lowest BCUT2D eigenvalue weighted by Crippen LogP contribution is -2.42. The van der Waals surface area contributed by atoms with Crippen LogP contribution in [-0.2, 0) is 89.7 Å². The monoisotopic (exact) mass is 2060 g/mol. The minimum Gasteiger partial charge on any atom is -0.342 e. The Balaban J connectivity index is 0.000000142. The Morgan fingerprint density at radius 2 is 0.570 bits per heavy atom. The predicted molar refractivity (Wildman–Crippen MR) is 560 cm³/mol. The highest BCUT2D eigenvalue weighted by atomic mass is 35.5. The van der Waals surface area contributed by atoms with Gasteiger partial charge in [-0.25, -0.2) is 28.5 Å². The summed E-state index contributed by atoms with van der Waals surface area (Å²) in [5.74, 6) is -1.12. The minimum absolute atomic E-state index is 0.0139. The van der Waals surface area contributed by atoms with Crippen LogP contribution in [0.5, 0.6) is 0 Å². The second kappa shape index (κ2) is 50.4. The van der Waals surface area contributed by atoms with E-state index in [9.17, 15) is 38.4 Å². The number of pyridine rings is 3. The Morgan fingerprint density at radius 1 is 0.289 bits per heavy atom. The number of aryl methyl sites for hydroxylation is 4. The highest BCUT2D eigenvalue weighted by Crippen LogP contribution is 2.27. The normalized spacial score (nSPS) is 12.1. The van der Waals surface area contributed by atoms with Gasteiger partial charge in [0, 0.05) is 91.7 Å².